The number of hydrogen-bond acceptors (Lipinski definition) is 4. The van der Waals surface area contributed by atoms with Gasteiger partial charge in [-0.15, -0.1) is 0 Å². The van der Waals surface area contributed by atoms with E-state index in [0.717, 1.165) is 12.8 Å². The first-order valence-electron chi connectivity index (χ1n) is 5.97. The molecule has 1 aromatic heterocycles. The zero-order valence-electron chi connectivity index (χ0n) is 10.2. The third kappa shape index (κ3) is 2.41. The van der Waals surface area contributed by atoms with Crippen molar-refractivity contribution in [2.45, 2.75) is 45.2 Å². The summed E-state index contributed by atoms with van der Waals surface area (Å²) >= 11 is 0. The summed E-state index contributed by atoms with van der Waals surface area (Å²) in [4.78, 5) is 12.0. The molecule has 0 spiro atoms. The summed E-state index contributed by atoms with van der Waals surface area (Å²) in [7, 11) is 0. The Morgan fingerprint density at radius 2 is 2.18 bits per heavy atom. The fourth-order valence-corrected chi connectivity index (χ4v) is 2.30. The van der Waals surface area contributed by atoms with E-state index in [2.05, 4.69) is 29.5 Å². The lowest BCUT2D eigenvalue weighted by Gasteiger charge is -2.38. The molecular weight excluding hydrogens is 218 g/mol. The van der Waals surface area contributed by atoms with Crippen molar-refractivity contribution in [3.63, 3.8) is 0 Å². The van der Waals surface area contributed by atoms with Crippen LogP contribution in [0.1, 0.15) is 43.5 Å². The van der Waals surface area contributed by atoms with Crippen LogP contribution >= 0.6 is 0 Å². The zero-order valence-corrected chi connectivity index (χ0v) is 10.2. The Kier molecular flexibility index (Phi) is 3.33. The highest BCUT2D eigenvalue weighted by Gasteiger charge is 2.27. The second-order valence-corrected chi connectivity index (χ2v) is 4.67. The first-order chi connectivity index (χ1) is 8.09. The number of nitrogens with zero attached hydrogens (tertiary/aromatic N) is 2. The van der Waals surface area contributed by atoms with Gasteiger partial charge in [0, 0.05) is 12.1 Å². The van der Waals surface area contributed by atoms with E-state index in [-0.39, 0.29) is 5.91 Å². The van der Waals surface area contributed by atoms with Crippen molar-refractivity contribution in [3.8, 4) is 0 Å². The number of hydrogen-bond donors (Lipinski definition) is 3. The van der Waals surface area contributed by atoms with Crippen molar-refractivity contribution < 1.29 is 4.79 Å². The van der Waals surface area contributed by atoms with Gasteiger partial charge in [-0.2, -0.15) is 5.10 Å². The van der Waals surface area contributed by atoms with Gasteiger partial charge in [0.2, 0.25) is 0 Å². The van der Waals surface area contributed by atoms with Gasteiger partial charge in [0.25, 0.3) is 5.91 Å². The number of H-pyrrole nitrogens is 1. The highest BCUT2D eigenvalue weighted by molar-refractivity contribution is 5.97. The number of amides is 1. The minimum atomic E-state index is -0.197. The van der Waals surface area contributed by atoms with Gasteiger partial charge in [0.15, 0.2) is 0 Å². The van der Waals surface area contributed by atoms with Crippen LogP contribution in [0.25, 0.3) is 0 Å². The minimum absolute atomic E-state index is 0.197. The van der Waals surface area contributed by atoms with E-state index in [1.54, 1.807) is 0 Å². The molecule has 17 heavy (non-hydrogen) atoms. The average molecular weight is 237 g/mol. The van der Waals surface area contributed by atoms with Crippen LogP contribution in [0.3, 0.4) is 0 Å². The third-order valence-electron chi connectivity index (χ3n) is 3.34. The Morgan fingerprint density at radius 3 is 2.71 bits per heavy atom. The number of nitrogens with one attached hydrogen (secondary N) is 2. The van der Waals surface area contributed by atoms with E-state index >= 15 is 0 Å². The molecule has 6 nitrogen and oxygen atoms in total. The van der Waals surface area contributed by atoms with E-state index in [1.807, 2.05) is 5.01 Å². The molecule has 1 saturated heterocycles. The van der Waals surface area contributed by atoms with E-state index < -0.39 is 0 Å². The van der Waals surface area contributed by atoms with E-state index in [1.165, 1.54) is 12.6 Å². The number of aromatic nitrogens is 2. The summed E-state index contributed by atoms with van der Waals surface area (Å²) in [6.07, 6.45) is 4.86. The molecule has 1 aliphatic rings. The van der Waals surface area contributed by atoms with Crippen molar-refractivity contribution in [2.24, 2.45) is 0 Å². The normalized spacial score (nSPS) is 25.8. The fraction of sp³-hybridized carbons (Fsp3) is 0.636. The van der Waals surface area contributed by atoms with E-state index in [9.17, 15) is 4.79 Å². The van der Waals surface area contributed by atoms with Crippen molar-refractivity contribution in [3.05, 3.63) is 11.8 Å². The van der Waals surface area contributed by atoms with Crippen LogP contribution in [0.2, 0.25) is 0 Å². The van der Waals surface area contributed by atoms with Crippen LogP contribution in [0.15, 0.2) is 6.20 Å². The van der Waals surface area contributed by atoms with Crippen molar-refractivity contribution >= 4 is 11.7 Å². The monoisotopic (exact) mass is 237 g/mol. The summed E-state index contributed by atoms with van der Waals surface area (Å²) in [5, 5.41) is 8.31. The van der Waals surface area contributed by atoms with Gasteiger partial charge in [-0.05, 0) is 26.7 Å². The second-order valence-electron chi connectivity index (χ2n) is 4.67. The molecule has 2 atom stereocenters. The molecule has 1 aromatic rings. The van der Waals surface area contributed by atoms with E-state index in [4.69, 9.17) is 5.73 Å². The first-order valence-corrected chi connectivity index (χ1v) is 5.97. The molecule has 1 amide bonds. The number of carbonyl (C=O) groups excluding carboxylic acids is 1. The topological polar surface area (TPSA) is 87.0 Å². The van der Waals surface area contributed by atoms with Crippen LogP contribution in [-0.2, 0) is 0 Å². The molecule has 0 aromatic carbocycles. The molecule has 94 valence electrons. The average Bonchev–Trinajstić information content (AvgIpc) is 2.70. The maximum Gasteiger partial charge on any atom is 0.270 e. The van der Waals surface area contributed by atoms with Crippen molar-refractivity contribution in [2.75, 3.05) is 5.73 Å². The predicted octanol–water partition coefficient (Wildman–Crippen LogP) is 0.900. The third-order valence-corrected chi connectivity index (χ3v) is 3.34. The number of nitrogens with two attached hydrogens (primary N) is 1. The lowest BCUT2D eigenvalue weighted by Crippen LogP contribution is -2.54. The molecule has 1 fully saturated rings. The maximum absolute atomic E-state index is 12.0. The number of carbonyl (C=O) groups is 1. The number of anilines is 1. The molecule has 2 heterocycles. The molecule has 2 rings (SSSR count). The van der Waals surface area contributed by atoms with Crippen molar-refractivity contribution in [1.29, 1.82) is 0 Å². The van der Waals surface area contributed by atoms with E-state index in [0.29, 0.717) is 23.5 Å². The summed E-state index contributed by atoms with van der Waals surface area (Å²) < 4.78 is 0. The minimum Gasteiger partial charge on any atom is -0.383 e. The Balaban J connectivity index is 2.05. The summed E-state index contributed by atoms with van der Waals surface area (Å²) in [5.41, 5.74) is 8.93. The van der Waals surface area contributed by atoms with Gasteiger partial charge in [-0.3, -0.25) is 15.3 Å². The molecule has 0 aliphatic carbocycles. The SMILES string of the molecule is CC1CCCC(C)N1NC(=O)c1cn[nH]c1N. The lowest BCUT2D eigenvalue weighted by atomic mass is 10.00. The summed E-state index contributed by atoms with van der Waals surface area (Å²) in [6.45, 7) is 4.24. The molecule has 0 saturated carbocycles. The Hall–Kier alpha value is -1.56. The maximum atomic E-state index is 12.0. The van der Waals surface area contributed by atoms with Crippen LogP contribution in [0.4, 0.5) is 5.82 Å². The van der Waals surface area contributed by atoms with Gasteiger partial charge >= 0.3 is 0 Å². The number of nitrogen functional groups attached to an aromatic ring is 1. The lowest BCUT2D eigenvalue weighted by molar-refractivity contribution is 0.0370. The predicted molar refractivity (Wildman–Crippen MR) is 65.1 cm³/mol. The Bertz CT molecular complexity index is 392. The molecule has 2 unspecified atom stereocenters. The van der Waals surface area contributed by atoms with Crippen LogP contribution in [0.5, 0.6) is 0 Å². The number of piperidine rings is 1. The number of aromatic amines is 1. The molecular formula is C11H19N5O. The number of rotatable bonds is 2. The molecule has 4 N–H and O–H groups in total. The van der Waals surface area contributed by atoms with Gasteiger partial charge in [-0.1, -0.05) is 6.42 Å². The summed E-state index contributed by atoms with van der Waals surface area (Å²) in [6, 6.07) is 0.714. The van der Waals surface area contributed by atoms with Gasteiger partial charge in [0.1, 0.15) is 11.4 Å². The smallest absolute Gasteiger partial charge is 0.270 e. The van der Waals surface area contributed by atoms with Crippen LogP contribution in [0, 0.1) is 0 Å². The standard InChI is InChI=1S/C11H19N5O/c1-7-4-3-5-8(2)16(7)15-11(17)9-6-13-14-10(9)12/h6-8H,3-5H2,1-2H3,(H,15,17)(H3,12,13,14). The quantitative estimate of drug-likeness (QED) is 0.713. The largest absolute Gasteiger partial charge is 0.383 e. The van der Waals surface area contributed by atoms with Gasteiger partial charge < -0.3 is 5.73 Å². The van der Waals surface area contributed by atoms with Crippen molar-refractivity contribution in [1.82, 2.24) is 20.6 Å². The Morgan fingerprint density at radius 1 is 1.53 bits per heavy atom. The fourth-order valence-electron chi connectivity index (χ4n) is 2.30. The summed E-state index contributed by atoms with van der Waals surface area (Å²) in [5.74, 6) is 0.108. The van der Waals surface area contributed by atoms with Crippen LogP contribution in [-0.4, -0.2) is 33.2 Å². The van der Waals surface area contributed by atoms with Crippen LogP contribution < -0.4 is 11.2 Å². The highest BCUT2D eigenvalue weighted by atomic mass is 16.2. The number of hydrazine groups is 1. The highest BCUT2D eigenvalue weighted by Crippen LogP contribution is 2.20. The second kappa shape index (κ2) is 4.75. The molecule has 6 heteroatoms. The Labute approximate surface area is 101 Å². The molecule has 0 radical (unpaired) electrons. The molecule has 1 aliphatic heterocycles. The zero-order chi connectivity index (χ0) is 12.4. The molecule has 0 bridgehead atoms. The van der Waals surface area contributed by atoms with Gasteiger partial charge in [-0.25, -0.2) is 5.01 Å². The first kappa shape index (κ1) is 11.9. The van der Waals surface area contributed by atoms with Gasteiger partial charge in [0.05, 0.1) is 6.20 Å².